The molecule has 0 aliphatic heterocycles. The highest BCUT2D eigenvalue weighted by molar-refractivity contribution is 7.86. The third kappa shape index (κ3) is 1.64. The summed E-state index contributed by atoms with van der Waals surface area (Å²) in [4.78, 5) is 3.77. The van der Waals surface area contributed by atoms with Crippen molar-refractivity contribution in [3.8, 4) is 0 Å². The predicted octanol–water partition coefficient (Wildman–Crippen LogP) is 1.06. The van der Waals surface area contributed by atoms with Gasteiger partial charge in [-0.3, -0.25) is 9.54 Å². The maximum absolute atomic E-state index is 11.0. The van der Waals surface area contributed by atoms with E-state index in [1.165, 1.54) is 18.3 Å². The van der Waals surface area contributed by atoms with E-state index in [1.54, 1.807) is 12.1 Å². The number of anilines is 1. The highest BCUT2D eigenvalue weighted by atomic mass is 32.2. The van der Waals surface area contributed by atoms with Crippen LogP contribution >= 0.6 is 0 Å². The van der Waals surface area contributed by atoms with Crippen LogP contribution in [0.25, 0.3) is 10.9 Å². The van der Waals surface area contributed by atoms with E-state index in [9.17, 15) is 8.42 Å². The lowest BCUT2D eigenvalue weighted by molar-refractivity contribution is 0.484. The lowest BCUT2D eigenvalue weighted by Crippen LogP contribution is -2.01. The van der Waals surface area contributed by atoms with Crippen molar-refractivity contribution in [3.05, 3.63) is 30.5 Å². The Morgan fingerprint density at radius 1 is 1.27 bits per heavy atom. The minimum absolute atomic E-state index is 0.181. The van der Waals surface area contributed by atoms with E-state index < -0.39 is 10.1 Å². The molecule has 15 heavy (non-hydrogen) atoms. The zero-order valence-corrected chi connectivity index (χ0v) is 8.40. The second-order valence-corrected chi connectivity index (χ2v) is 4.42. The first-order valence-electron chi connectivity index (χ1n) is 4.11. The maximum atomic E-state index is 11.0. The van der Waals surface area contributed by atoms with E-state index in [1.807, 2.05) is 0 Å². The number of nitrogens with two attached hydrogens (primary N) is 1. The van der Waals surface area contributed by atoms with Gasteiger partial charge in [0.1, 0.15) is 4.90 Å². The topological polar surface area (TPSA) is 93.3 Å². The van der Waals surface area contributed by atoms with Crippen molar-refractivity contribution < 1.29 is 13.0 Å². The van der Waals surface area contributed by atoms with Gasteiger partial charge in [0.15, 0.2) is 0 Å². The molecule has 78 valence electrons. The van der Waals surface area contributed by atoms with Crippen LogP contribution in [-0.2, 0) is 10.1 Å². The number of rotatable bonds is 1. The molecule has 2 aromatic rings. The Labute approximate surface area is 86.3 Å². The van der Waals surface area contributed by atoms with Gasteiger partial charge in [-0.05, 0) is 24.3 Å². The zero-order chi connectivity index (χ0) is 11.1. The van der Waals surface area contributed by atoms with E-state index in [0.29, 0.717) is 16.6 Å². The Kier molecular flexibility index (Phi) is 2.09. The Morgan fingerprint density at radius 3 is 2.67 bits per heavy atom. The molecule has 5 nitrogen and oxygen atoms in total. The Bertz CT molecular complexity index is 622. The molecule has 0 amide bonds. The van der Waals surface area contributed by atoms with Gasteiger partial charge >= 0.3 is 0 Å². The van der Waals surface area contributed by atoms with Gasteiger partial charge in [0.05, 0.1) is 11.2 Å². The van der Waals surface area contributed by atoms with Crippen molar-refractivity contribution in [2.24, 2.45) is 0 Å². The van der Waals surface area contributed by atoms with Crippen LogP contribution < -0.4 is 5.73 Å². The molecule has 2 rings (SSSR count). The van der Waals surface area contributed by atoms with E-state index in [0.717, 1.165) is 0 Å². The summed E-state index contributed by atoms with van der Waals surface area (Å²) in [6.45, 7) is 0. The second-order valence-electron chi connectivity index (χ2n) is 3.03. The SMILES string of the molecule is Nc1ccc(S(=O)(=O)O)c2cccnc12. The van der Waals surface area contributed by atoms with Crippen LogP contribution in [0.5, 0.6) is 0 Å². The van der Waals surface area contributed by atoms with Crippen molar-refractivity contribution in [1.82, 2.24) is 4.98 Å². The van der Waals surface area contributed by atoms with Gasteiger partial charge in [0.2, 0.25) is 0 Å². The van der Waals surface area contributed by atoms with Gasteiger partial charge in [-0.15, -0.1) is 0 Å². The zero-order valence-electron chi connectivity index (χ0n) is 7.58. The van der Waals surface area contributed by atoms with E-state index in [-0.39, 0.29) is 4.90 Å². The number of hydrogen-bond donors (Lipinski definition) is 2. The molecular formula is C9H8N2O3S. The van der Waals surface area contributed by atoms with Crippen molar-refractivity contribution >= 4 is 26.7 Å². The quantitative estimate of drug-likeness (QED) is 0.558. The van der Waals surface area contributed by atoms with Crippen LogP contribution in [0.2, 0.25) is 0 Å². The molecule has 0 saturated heterocycles. The third-order valence-electron chi connectivity index (χ3n) is 2.04. The molecule has 0 aliphatic carbocycles. The van der Waals surface area contributed by atoms with Gasteiger partial charge in [-0.1, -0.05) is 0 Å². The first-order chi connectivity index (χ1) is 7.00. The van der Waals surface area contributed by atoms with Crippen LogP contribution in [-0.4, -0.2) is 18.0 Å². The minimum atomic E-state index is -4.24. The fourth-order valence-corrected chi connectivity index (χ4v) is 2.08. The normalized spacial score (nSPS) is 11.8. The van der Waals surface area contributed by atoms with E-state index >= 15 is 0 Å². The van der Waals surface area contributed by atoms with Gasteiger partial charge < -0.3 is 5.73 Å². The Balaban J connectivity index is 2.96. The molecule has 0 saturated carbocycles. The number of nitrogens with zero attached hydrogens (tertiary/aromatic N) is 1. The summed E-state index contributed by atoms with van der Waals surface area (Å²) < 4.78 is 31.1. The third-order valence-corrected chi connectivity index (χ3v) is 2.95. The fourth-order valence-electron chi connectivity index (χ4n) is 1.39. The molecule has 0 fully saturated rings. The molecule has 0 aliphatic rings. The number of nitrogen functional groups attached to an aromatic ring is 1. The molecule has 0 atom stereocenters. The highest BCUT2D eigenvalue weighted by Crippen LogP contribution is 2.25. The number of benzene rings is 1. The summed E-state index contributed by atoms with van der Waals surface area (Å²) in [6, 6.07) is 5.78. The molecule has 0 radical (unpaired) electrons. The van der Waals surface area contributed by atoms with Crippen molar-refractivity contribution in [3.63, 3.8) is 0 Å². The number of aromatic nitrogens is 1. The number of pyridine rings is 1. The molecule has 0 spiro atoms. The smallest absolute Gasteiger partial charge is 0.295 e. The molecular weight excluding hydrogens is 216 g/mol. The van der Waals surface area contributed by atoms with Gasteiger partial charge in [-0.25, -0.2) is 0 Å². The summed E-state index contributed by atoms with van der Waals surface area (Å²) in [6.07, 6.45) is 1.51. The predicted molar refractivity (Wildman–Crippen MR) is 56.0 cm³/mol. The van der Waals surface area contributed by atoms with Crippen LogP contribution in [0.4, 0.5) is 5.69 Å². The van der Waals surface area contributed by atoms with Gasteiger partial charge in [0, 0.05) is 11.6 Å². The summed E-state index contributed by atoms with van der Waals surface area (Å²) in [5.41, 5.74) is 6.37. The average molecular weight is 224 g/mol. The molecule has 1 aromatic heterocycles. The van der Waals surface area contributed by atoms with Crippen molar-refractivity contribution in [2.75, 3.05) is 5.73 Å². The largest absolute Gasteiger partial charge is 0.397 e. The second kappa shape index (κ2) is 3.18. The lowest BCUT2D eigenvalue weighted by Gasteiger charge is -2.04. The standard InChI is InChI=1S/C9H8N2O3S/c10-7-3-4-8(15(12,13)14)6-2-1-5-11-9(6)7/h1-5H,10H2,(H,12,13,14). The van der Waals surface area contributed by atoms with Crippen LogP contribution in [0.1, 0.15) is 0 Å². The molecule has 1 aromatic carbocycles. The minimum Gasteiger partial charge on any atom is -0.397 e. The van der Waals surface area contributed by atoms with Crippen molar-refractivity contribution in [1.29, 1.82) is 0 Å². The first kappa shape index (κ1) is 9.88. The van der Waals surface area contributed by atoms with E-state index in [2.05, 4.69) is 4.98 Å². The first-order valence-corrected chi connectivity index (χ1v) is 5.55. The number of fused-ring (bicyclic) bond motifs is 1. The average Bonchev–Trinajstić information content (AvgIpc) is 2.17. The molecule has 3 N–H and O–H groups in total. The highest BCUT2D eigenvalue weighted by Gasteiger charge is 2.15. The molecule has 0 bridgehead atoms. The summed E-state index contributed by atoms with van der Waals surface area (Å²) in [5, 5.41) is 0.319. The Hall–Kier alpha value is -1.66. The monoisotopic (exact) mass is 224 g/mol. The van der Waals surface area contributed by atoms with Crippen molar-refractivity contribution in [2.45, 2.75) is 4.90 Å². The lowest BCUT2D eigenvalue weighted by atomic mass is 10.2. The summed E-state index contributed by atoms with van der Waals surface area (Å²) in [7, 11) is -4.24. The molecule has 0 unspecified atom stereocenters. The maximum Gasteiger partial charge on any atom is 0.295 e. The van der Waals surface area contributed by atoms with E-state index in [4.69, 9.17) is 10.3 Å². The summed E-state index contributed by atoms with van der Waals surface area (Å²) in [5.74, 6) is 0. The summed E-state index contributed by atoms with van der Waals surface area (Å²) >= 11 is 0. The fraction of sp³-hybridized carbons (Fsp3) is 0. The van der Waals surface area contributed by atoms with Crippen LogP contribution in [0.15, 0.2) is 35.4 Å². The van der Waals surface area contributed by atoms with Crippen LogP contribution in [0.3, 0.4) is 0 Å². The van der Waals surface area contributed by atoms with Gasteiger partial charge in [0.25, 0.3) is 10.1 Å². The van der Waals surface area contributed by atoms with Gasteiger partial charge in [-0.2, -0.15) is 8.42 Å². The number of hydrogen-bond acceptors (Lipinski definition) is 4. The molecule has 1 heterocycles. The molecule has 6 heteroatoms. The van der Waals surface area contributed by atoms with Crippen LogP contribution in [0, 0.1) is 0 Å². The Morgan fingerprint density at radius 2 is 2.00 bits per heavy atom.